The zero-order valence-corrected chi connectivity index (χ0v) is 10.7. The SMILES string of the molecule is CCS(=O)(=O)NCCc1ccc(OC(F)F)cc1. The molecule has 0 spiro atoms. The molecule has 0 saturated heterocycles. The van der Waals surface area contributed by atoms with Crippen molar-refractivity contribution < 1.29 is 21.9 Å². The lowest BCUT2D eigenvalue weighted by Gasteiger charge is -2.06. The van der Waals surface area contributed by atoms with E-state index < -0.39 is 16.6 Å². The zero-order chi connectivity index (χ0) is 13.6. The summed E-state index contributed by atoms with van der Waals surface area (Å²) >= 11 is 0. The molecule has 0 radical (unpaired) electrons. The smallest absolute Gasteiger partial charge is 0.387 e. The molecule has 0 aromatic heterocycles. The molecular weight excluding hydrogens is 264 g/mol. The highest BCUT2D eigenvalue weighted by Gasteiger charge is 2.06. The van der Waals surface area contributed by atoms with Crippen molar-refractivity contribution in [1.82, 2.24) is 4.72 Å². The third-order valence-corrected chi connectivity index (χ3v) is 3.67. The summed E-state index contributed by atoms with van der Waals surface area (Å²) < 4.78 is 52.7. The van der Waals surface area contributed by atoms with Crippen LogP contribution in [0.5, 0.6) is 5.75 Å². The van der Waals surface area contributed by atoms with Gasteiger partial charge in [-0.3, -0.25) is 0 Å². The van der Waals surface area contributed by atoms with Crippen LogP contribution in [0.2, 0.25) is 0 Å². The Morgan fingerprint density at radius 3 is 2.39 bits per heavy atom. The molecule has 0 saturated carbocycles. The van der Waals surface area contributed by atoms with Gasteiger partial charge in [-0.1, -0.05) is 12.1 Å². The summed E-state index contributed by atoms with van der Waals surface area (Å²) in [5.74, 6) is 0.122. The fourth-order valence-electron chi connectivity index (χ4n) is 1.29. The molecule has 0 aliphatic heterocycles. The topological polar surface area (TPSA) is 55.4 Å². The van der Waals surface area contributed by atoms with Crippen LogP contribution in [-0.4, -0.2) is 27.3 Å². The quantitative estimate of drug-likeness (QED) is 0.827. The van der Waals surface area contributed by atoms with Crippen LogP contribution in [0.3, 0.4) is 0 Å². The van der Waals surface area contributed by atoms with Gasteiger partial charge >= 0.3 is 6.61 Å². The Kier molecular flexibility index (Phi) is 5.49. The molecular formula is C11H15F2NO3S. The maximum absolute atomic E-state index is 11.9. The minimum Gasteiger partial charge on any atom is -0.435 e. The van der Waals surface area contributed by atoms with E-state index in [2.05, 4.69) is 9.46 Å². The highest BCUT2D eigenvalue weighted by atomic mass is 32.2. The molecule has 7 heteroatoms. The summed E-state index contributed by atoms with van der Waals surface area (Å²) in [5.41, 5.74) is 0.843. The molecule has 0 bridgehead atoms. The summed E-state index contributed by atoms with van der Waals surface area (Å²) in [7, 11) is -3.19. The Morgan fingerprint density at radius 1 is 1.28 bits per heavy atom. The second-order valence-corrected chi connectivity index (χ2v) is 5.67. The molecule has 1 rings (SSSR count). The van der Waals surface area contributed by atoms with E-state index >= 15 is 0 Å². The largest absolute Gasteiger partial charge is 0.435 e. The number of sulfonamides is 1. The number of benzene rings is 1. The normalized spacial score (nSPS) is 11.8. The fourth-order valence-corrected chi connectivity index (χ4v) is 1.91. The van der Waals surface area contributed by atoms with Gasteiger partial charge in [-0.05, 0) is 31.0 Å². The summed E-state index contributed by atoms with van der Waals surface area (Å²) in [6.45, 7) is -1.00. The Labute approximate surface area is 105 Å². The Morgan fingerprint density at radius 2 is 1.89 bits per heavy atom. The lowest BCUT2D eigenvalue weighted by atomic mass is 10.1. The molecule has 18 heavy (non-hydrogen) atoms. The van der Waals surface area contributed by atoms with Gasteiger partial charge in [0.25, 0.3) is 0 Å². The molecule has 0 unspecified atom stereocenters. The highest BCUT2D eigenvalue weighted by Crippen LogP contribution is 2.14. The van der Waals surface area contributed by atoms with E-state index in [1.165, 1.54) is 12.1 Å². The summed E-state index contributed by atoms with van der Waals surface area (Å²) in [6, 6.07) is 6.10. The first kappa shape index (κ1) is 14.8. The van der Waals surface area contributed by atoms with Gasteiger partial charge in [-0.25, -0.2) is 13.1 Å². The van der Waals surface area contributed by atoms with E-state index in [0.29, 0.717) is 6.42 Å². The second kappa shape index (κ2) is 6.65. The van der Waals surface area contributed by atoms with E-state index in [-0.39, 0.29) is 18.0 Å². The van der Waals surface area contributed by atoms with Crippen LogP contribution in [0.1, 0.15) is 12.5 Å². The van der Waals surface area contributed by atoms with Gasteiger partial charge in [-0.2, -0.15) is 8.78 Å². The van der Waals surface area contributed by atoms with Crippen molar-refractivity contribution >= 4 is 10.0 Å². The molecule has 0 heterocycles. The summed E-state index contributed by atoms with van der Waals surface area (Å²) in [6.07, 6.45) is 0.494. The van der Waals surface area contributed by atoms with Crippen LogP contribution in [0.15, 0.2) is 24.3 Å². The molecule has 1 aromatic carbocycles. The van der Waals surface area contributed by atoms with Crippen molar-refractivity contribution in [3.05, 3.63) is 29.8 Å². The fraction of sp³-hybridized carbons (Fsp3) is 0.455. The van der Waals surface area contributed by atoms with Gasteiger partial charge in [0.05, 0.1) is 5.75 Å². The van der Waals surface area contributed by atoms with E-state index in [9.17, 15) is 17.2 Å². The van der Waals surface area contributed by atoms with Crippen molar-refractivity contribution in [3.63, 3.8) is 0 Å². The summed E-state index contributed by atoms with van der Waals surface area (Å²) in [4.78, 5) is 0. The van der Waals surface area contributed by atoms with Gasteiger partial charge < -0.3 is 4.74 Å². The van der Waals surface area contributed by atoms with Crippen molar-refractivity contribution in [1.29, 1.82) is 0 Å². The predicted octanol–water partition coefficient (Wildman–Crippen LogP) is 1.77. The number of hydrogen-bond acceptors (Lipinski definition) is 3. The van der Waals surface area contributed by atoms with E-state index in [1.54, 1.807) is 19.1 Å². The highest BCUT2D eigenvalue weighted by molar-refractivity contribution is 7.89. The molecule has 4 nitrogen and oxygen atoms in total. The van der Waals surface area contributed by atoms with E-state index in [4.69, 9.17) is 0 Å². The van der Waals surface area contributed by atoms with Gasteiger partial charge in [0.15, 0.2) is 0 Å². The molecule has 102 valence electrons. The Balaban J connectivity index is 2.44. The van der Waals surface area contributed by atoms with Crippen molar-refractivity contribution in [2.24, 2.45) is 0 Å². The van der Waals surface area contributed by atoms with Crippen LogP contribution in [-0.2, 0) is 16.4 Å². The van der Waals surface area contributed by atoms with Gasteiger partial charge in [0.2, 0.25) is 10.0 Å². The first-order chi connectivity index (χ1) is 8.43. The maximum Gasteiger partial charge on any atom is 0.387 e. The molecule has 1 N–H and O–H groups in total. The number of ether oxygens (including phenoxy) is 1. The molecule has 1 aromatic rings. The minimum absolute atomic E-state index is 0.0359. The zero-order valence-electron chi connectivity index (χ0n) is 9.90. The number of hydrogen-bond donors (Lipinski definition) is 1. The number of halogens is 2. The van der Waals surface area contributed by atoms with Gasteiger partial charge in [0.1, 0.15) is 5.75 Å². The predicted molar refractivity (Wildman–Crippen MR) is 64.2 cm³/mol. The third-order valence-electron chi connectivity index (χ3n) is 2.26. The van der Waals surface area contributed by atoms with Crippen LogP contribution in [0.4, 0.5) is 8.78 Å². The molecule has 0 fully saturated rings. The third kappa shape index (κ3) is 5.42. The number of nitrogens with one attached hydrogen (secondary N) is 1. The monoisotopic (exact) mass is 279 g/mol. The number of rotatable bonds is 7. The summed E-state index contributed by atoms with van der Waals surface area (Å²) in [5, 5.41) is 0. The van der Waals surface area contributed by atoms with Crippen molar-refractivity contribution in [2.75, 3.05) is 12.3 Å². The first-order valence-electron chi connectivity index (χ1n) is 5.44. The Bertz CT molecular complexity index is 460. The standard InChI is InChI=1S/C11H15F2NO3S/c1-2-18(15,16)14-8-7-9-3-5-10(6-4-9)17-11(12)13/h3-6,11,14H,2,7-8H2,1H3. The molecule has 0 aliphatic rings. The van der Waals surface area contributed by atoms with Gasteiger partial charge in [-0.15, -0.1) is 0 Å². The van der Waals surface area contributed by atoms with Crippen LogP contribution in [0.25, 0.3) is 0 Å². The van der Waals surface area contributed by atoms with Crippen molar-refractivity contribution in [3.8, 4) is 5.75 Å². The first-order valence-corrected chi connectivity index (χ1v) is 7.09. The molecule has 0 atom stereocenters. The average Bonchev–Trinajstić information content (AvgIpc) is 2.30. The van der Waals surface area contributed by atoms with E-state index in [0.717, 1.165) is 5.56 Å². The van der Waals surface area contributed by atoms with Gasteiger partial charge in [0, 0.05) is 6.54 Å². The minimum atomic E-state index is -3.19. The average molecular weight is 279 g/mol. The number of alkyl halides is 2. The van der Waals surface area contributed by atoms with Crippen LogP contribution >= 0.6 is 0 Å². The van der Waals surface area contributed by atoms with Crippen LogP contribution < -0.4 is 9.46 Å². The molecule has 0 aliphatic carbocycles. The Hall–Kier alpha value is -1.21. The maximum atomic E-state index is 11.9. The van der Waals surface area contributed by atoms with Crippen LogP contribution in [0, 0.1) is 0 Å². The van der Waals surface area contributed by atoms with E-state index in [1.807, 2.05) is 0 Å². The van der Waals surface area contributed by atoms with Crippen molar-refractivity contribution in [2.45, 2.75) is 20.0 Å². The molecule has 0 amide bonds. The lowest BCUT2D eigenvalue weighted by molar-refractivity contribution is -0.0498. The second-order valence-electron chi connectivity index (χ2n) is 3.57. The lowest BCUT2D eigenvalue weighted by Crippen LogP contribution is -2.27.